The highest BCUT2D eigenvalue weighted by Crippen LogP contribution is 2.42. The number of aliphatic hydroxyl groups excluding tert-OH is 1. The second-order valence-electron chi connectivity index (χ2n) is 23.6. The predicted octanol–water partition coefficient (Wildman–Crippen LogP) is 12.0. The number of benzene rings is 3. The van der Waals surface area contributed by atoms with Gasteiger partial charge in [0.05, 0.1) is 37.6 Å². The molecule has 0 unspecified atom stereocenters. The Morgan fingerprint density at radius 2 is 1.23 bits per heavy atom. The minimum absolute atomic E-state index is 0.0121. The largest absolute Gasteiger partial charge is 0.493 e. The first-order valence-electron chi connectivity index (χ1n) is 32.6. The zero-order chi connectivity index (χ0) is 64.5. The van der Waals surface area contributed by atoms with Crippen LogP contribution in [-0.4, -0.2) is 128 Å². The molecule has 0 amide bonds. The monoisotopic (exact) mass is 1250 g/mol. The van der Waals surface area contributed by atoms with Crippen LogP contribution >= 0.6 is 0 Å². The molecule has 20 nitrogen and oxygen atoms in total. The summed E-state index contributed by atoms with van der Waals surface area (Å²) in [5, 5.41) is 27.2. The summed E-state index contributed by atoms with van der Waals surface area (Å²) in [5.74, 6) is -3.56. The molecule has 0 spiro atoms. The summed E-state index contributed by atoms with van der Waals surface area (Å²) in [6.45, 7) is 11.9. The van der Waals surface area contributed by atoms with Crippen LogP contribution in [0.1, 0.15) is 181 Å². The molecular weight excluding hydrogens is 1160 g/mol. The van der Waals surface area contributed by atoms with E-state index in [0.29, 0.717) is 37.7 Å². The number of hydrogen-bond acceptors (Lipinski definition) is 16. The molecule has 0 bridgehead atoms. The van der Waals surface area contributed by atoms with Gasteiger partial charge in [0, 0.05) is 80.1 Å². The average molecular weight is 1260 g/mol. The van der Waals surface area contributed by atoms with E-state index < -0.39 is 53.3 Å². The molecule has 90 heavy (non-hydrogen) atoms. The summed E-state index contributed by atoms with van der Waals surface area (Å²) >= 11 is 0. The van der Waals surface area contributed by atoms with E-state index >= 15 is 0 Å². The van der Waals surface area contributed by atoms with Gasteiger partial charge in [-0.05, 0) is 87.2 Å². The van der Waals surface area contributed by atoms with Gasteiger partial charge in [-0.15, -0.1) is 0 Å². The van der Waals surface area contributed by atoms with Crippen molar-refractivity contribution in [1.82, 2.24) is 29.1 Å². The van der Waals surface area contributed by atoms with Crippen molar-refractivity contribution < 1.29 is 61.9 Å². The molecule has 4 heterocycles. The minimum atomic E-state index is -1.29. The fourth-order valence-corrected chi connectivity index (χ4v) is 11.4. The number of ether oxygens (including phenoxy) is 5. The van der Waals surface area contributed by atoms with E-state index in [2.05, 4.69) is 51.0 Å². The van der Waals surface area contributed by atoms with Gasteiger partial charge in [0.15, 0.2) is 6.10 Å². The molecule has 5 aromatic rings. The topological polar surface area (TPSA) is 232 Å². The number of esters is 3. The van der Waals surface area contributed by atoms with Crippen molar-refractivity contribution in [3.63, 3.8) is 0 Å². The maximum Gasteiger partial charge on any atom is 0.350 e. The summed E-state index contributed by atoms with van der Waals surface area (Å²) in [5.41, 5.74) is 1.93. The van der Waals surface area contributed by atoms with Crippen LogP contribution in [0, 0.1) is 17.6 Å². The van der Waals surface area contributed by atoms with E-state index in [0.717, 1.165) is 99.7 Å². The Morgan fingerprint density at radius 3 is 1.73 bits per heavy atom. The number of unbranched alkanes of at least 4 members (excludes halogenated alkanes) is 16. The summed E-state index contributed by atoms with van der Waals surface area (Å²) in [6.07, 6.45) is 26.4. The first-order valence-corrected chi connectivity index (χ1v) is 32.6. The van der Waals surface area contributed by atoms with E-state index in [4.69, 9.17) is 28.8 Å². The van der Waals surface area contributed by atoms with Crippen molar-refractivity contribution in [3.05, 3.63) is 126 Å². The standard InChI is InChI=1S/C37H42F2N8O4.C31H54O8/c1-3-35(26(2)48)47-36(49)46(25-42-47)31-7-5-29(6-8-31)43-14-16-44(17-15-43)30-9-11-32(12-10-30)50-20-27-19-37(51-21-27,22-45-24-40-23-41-45)33-13-4-28(38)18-34(33)39;1-3-5-7-9-11-13-15-17-19-21-29(34)37-25-27(39-31(36)24-23-28(32)33)26-38-30(35)22-20-18-16-14-12-10-8-6-4-2/h4-13,18,23-27,35,48H,3,14-17,19-22H2,1-2H3;23-24,27H,3-22,25-26H2,1-2H3,(H,32,33)/b;24-23+/t26-,27+,35-,37-;/m0./s1. The Balaban J connectivity index is 0.000000299. The Labute approximate surface area is 528 Å². The summed E-state index contributed by atoms with van der Waals surface area (Å²) < 4.78 is 61.2. The third kappa shape index (κ3) is 24.1. The molecule has 2 aliphatic rings. The van der Waals surface area contributed by atoms with Gasteiger partial charge in [-0.2, -0.15) is 10.2 Å². The Hall–Kier alpha value is -7.46. The van der Waals surface area contributed by atoms with Gasteiger partial charge in [-0.25, -0.2) is 42.1 Å². The van der Waals surface area contributed by atoms with Gasteiger partial charge in [0.2, 0.25) is 0 Å². The lowest BCUT2D eigenvalue weighted by atomic mass is 9.87. The molecule has 0 saturated carbocycles. The second-order valence-corrected chi connectivity index (χ2v) is 23.6. The number of piperazine rings is 1. The summed E-state index contributed by atoms with van der Waals surface area (Å²) in [4.78, 5) is 68.5. The molecule has 2 aliphatic heterocycles. The van der Waals surface area contributed by atoms with Crippen LogP contribution in [0.3, 0.4) is 0 Å². The zero-order valence-electron chi connectivity index (χ0n) is 53.3. The van der Waals surface area contributed by atoms with Crippen molar-refractivity contribution in [3.8, 4) is 11.4 Å². The average Bonchev–Trinajstić information content (AvgIpc) is 1.95. The van der Waals surface area contributed by atoms with Crippen LogP contribution in [0.25, 0.3) is 5.69 Å². The molecule has 494 valence electrons. The van der Waals surface area contributed by atoms with Crippen LogP contribution in [0.2, 0.25) is 0 Å². The number of aliphatic carboxylic acids is 1. The van der Waals surface area contributed by atoms with E-state index in [1.807, 2.05) is 43.3 Å². The molecule has 2 aromatic heterocycles. The fourth-order valence-electron chi connectivity index (χ4n) is 11.4. The van der Waals surface area contributed by atoms with E-state index in [-0.39, 0.29) is 50.2 Å². The molecule has 0 radical (unpaired) electrons. The number of hydrogen-bond donors (Lipinski definition) is 2. The minimum Gasteiger partial charge on any atom is -0.493 e. The number of rotatable bonds is 39. The van der Waals surface area contributed by atoms with Gasteiger partial charge in [-0.3, -0.25) is 9.59 Å². The summed E-state index contributed by atoms with van der Waals surface area (Å²) in [6, 6.07) is 19.2. The molecular formula is C68H96F2N8O12. The highest BCUT2D eigenvalue weighted by molar-refractivity contribution is 5.90. The molecule has 2 saturated heterocycles. The van der Waals surface area contributed by atoms with Crippen molar-refractivity contribution >= 4 is 35.3 Å². The Bertz CT molecular complexity index is 2950. The second kappa shape index (κ2) is 38.9. The molecule has 2 N–H and O–H groups in total. The number of carboxylic acid groups (broad SMARTS) is 1. The van der Waals surface area contributed by atoms with Crippen molar-refractivity contribution in [2.24, 2.45) is 5.92 Å². The normalized spacial score (nSPS) is 16.4. The third-order valence-electron chi connectivity index (χ3n) is 16.4. The number of nitrogens with zero attached hydrogens (tertiary/aromatic N) is 8. The van der Waals surface area contributed by atoms with Crippen LogP contribution in [0.4, 0.5) is 20.2 Å². The highest BCUT2D eigenvalue weighted by Gasteiger charge is 2.45. The van der Waals surface area contributed by atoms with Crippen molar-refractivity contribution in [2.45, 2.75) is 199 Å². The number of carbonyl (C=O) groups is 4. The predicted molar refractivity (Wildman–Crippen MR) is 340 cm³/mol. The number of carboxylic acids is 1. The SMILES string of the molecule is CCCCCCCCCCCC(=O)OCC(COC(=O)CCCCCCCCCCC)OC(=O)/C=C/C(=O)O.CC[C@@H]([C@H](C)O)n1ncn(-c2ccc(N3CCN(c4ccc(OC[C@@H]5CO[C@@](Cn6cncn6)(c6ccc(F)cc6F)C5)cc4)CC3)cc2)c1=O. The molecule has 4 atom stereocenters. The van der Waals surface area contributed by atoms with E-state index in [1.165, 1.54) is 111 Å². The van der Waals surface area contributed by atoms with E-state index in [9.17, 15) is 37.9 Å². The lowest BCUT2D eigenvalue weighted by molar-refractivity contribution is -0.163. The quantitative estimate of drug-likeness (QED) is 0.0161. The number of carbonyl (C=O) groups excluding carboxylic acids is 3. The first kappa shape index (κ1) is 71.6. The molecule has 22 heteroatoms. The van der Waals surface area contributed by atoms with Crippen LogP contribution in [0.5, 0.6) is 5.75 Å². The highest BCUT2D eigenvalue weighted by atomic mass is 19.1. The number of aromatic nitrogens is 6. The van der Waals surface area contributed by atoms with Crippen LogP contribution in [-0.2, 0) is 50.3 Å². The van der Waals surface area contributed by atoms with Crippen LogP contribution in [0.15, 0.2) is 103 Å². The molecule has 2 fully saturated rings. The summed E-state index contributed by atoms with van der Waals surface area (Å²) in [7, 11) is 0. The molecule has 3 aromatic carbocycles. The maximum atomic E-state index is 15.0. The van der Waals surface area contributed by atoms with Crippen LogP contribution < -0.4 is 20.2 Å². The number of aliphatic hydroxyl groups is 1. The maximum absolute atomic E-state index is 15.0. The lowest BCUT2D eigenvalue weighted by Gasteiger charge is -2.37. The van der Waals surface area contributed by atoms with Gasteiger partial charge < -0.3 is 43.7 Å². The molecule has 7 rings (SSSR count). The third-order valence-corrected chi connectivity index (χ3v) is 16.4. The number of anilines is 2. The van der Waals surface area contributed by atoms with Gasteiger partial charge >= 0.3 is 29.6 Å². The Kier molecular flexibility index (Phi) is 31.0. The van der Waals surface area contributed by atoms with Gasteiger partial charge in [-0.1, -0.05) is 130 Å². The smallest absolute Gasteiger partial charge is 0.350 e. The first-order chi connectivity index (χ1) is 43.6. The number of halogens is 2. The van der Waals surface area contributed by atoms with Gasteiger partial charge in [0.1, 0.15) is 55.2 Å². The van der Waals surface area contributed by atoms with Crippen molar-refractivity contribution in [1.29, 1.82) is 0 Å². The fraction of sp³-hybridized carbons (Fsp3) is 0.588. The molecule has 0 aliphatic carbocycles. The lowest BCUT2D eigenvalue weighted by Crippen LogP contribution is -2.46. The van der Waals surface area contributed by atoms with Crippen molar-refractivity contribution in [2.75, 3.05) is 62.4 Å². The zero-order valence-corrected chi connectivity index (χ0v) is 53.3. The Morgan fingerprint density at radius 1 is 0.700 bits per heavy atom. The van der Waals surface area contributed by atoms with Gasteiger partial charge in [0.25, 0.3) is 0 Å². The van der Waals surface area contributed by atoms with E-state index in [1.54, 1.807) is 17.9 Å².